The number of rotatable bonds is 0. The van der Waals surface area contributed by atoms with E-state index in [-0.39, 0.29) is 5.41 Å². The molecule has 5 rings (SSSR count). The Morgan fingerprint density at radius 2 is 1.74 bits per heavy atom. The first-order chi connectivity index (χ1) is 11.1. The van der Waals surface area contributed by atoms with Crippen LogP contribution in [0.25, 0.3) is 16.6 Å². The van der Waals surface area contributed by atoms with Gasteiger partial charge < -0.3 is 4.57 Å². The summed E-state index contributed by atoms with van der Waals surface area (Å²) in [6.07, 6.45) is 2.12. The highest BCUT2D eigenvalue weighted by atomic mass is 16.1. The fourth-order valence-electron chi connectivity index (χ4n) is 4.57. The van der Waals surface area contributed by atoms with Gasteiger partial charge in [0.1, 0.15) is 5.78 Å². The minimum Gasteiger partial charge on any atom is -0.313 e. The van der Waals surface area contributed by atoms with Crippen molar-refractivity contribution in [2.75, 3.05) is 0 Å². The van der Waals surface area contributed by atoms with E-state index < -0.39 is 0 Å². The molecule has 0 fully saturated rings. The van der Waals surface area contributed by atoms with Crippen LogP contribution in [0.1, 0.15) is 42.7 Å². The van der Waals surface area contributed by atoms with Crippen molar-refractivity contribution in [3.63, 3.8) is 0 Å². The zero-order chi connectivity index (χ0) is 15.8. The molecule has 0 bridgehead atoms. The van der Waals surface area contributed by atoms with Crippen LogP contribution < -0.4 is 0 Å². The van der Waals surface area contributed by atoms with E-state index in [4.69, 9.17) is 0 Å². The average Bonchev–Trinajstić information content (AvgIpc) is 2.88. The first-order valence-corrected chi connectivity index (χ1v) is 8.36. The maximum absolute atomic E-state index is 12.0. The van der Waals surface area contributed by atoms with E-state index in [0.29, 0.717) is 18.6 Å². The summed E-state index contributed by atoms with van der Waals surface area (Å²) < 4.78 is 2.44. The second kappa shape index (κ2) is 4.14. The number of ketones is 1. The van der Waals surface area contributed by atoms with Crippen molar-refractivity contribution in [3.8, 4) is 5.69 Å². The standard InChI is InChI=1S/C21H19NO/c1-21(2)16-7-3-4-9-19(16)22-18-11-10-13(23)12-15(18)14-6-5-8-17(21)20(14)22/h3-9H,10-12H2,1-2H3. The first kappa shape index (κ1) is 13.1. The van der Waals surface area contributed by atoms with E-state index >= 15 is 0 Å². The van der Waals surface area contributed by atoms with E-state index in [1.54, 1.807) is 0 Å². The summed E-state index contributed by atoms with van der Waals surface area (Å²) in [5, 5.41) is 1.27. The number of hydrogen-bond acceptors (Lipinski definition) is 1. The molecule has 0 unspecified atom stereocenters. The highest BCUT2D eigenvalue weighted by molar-refractivity contribution is 5.97. The van der Waals surface area contributed by atoms with Crippen molar-refractivity contribution >= 4 is 16.7 Å². The SMILES string of the molecule is CC1(C)c2ccccc2-n2c3c(c4cccc1c42)CC(=O)CC3. The summed E-state index contributed by atoms with van der Waals surface area (Å²) in [7, 11) is 0. The van der Waals surface area contributed by atoms with Crippen LogP contribution in [0.15, 0.2) is 42.5 Å². The Bertz CT molecular complexity index is 990. The zero-order valence-corrected chi connectivity index (χ0v) is 13.5. The Hall–Kier alpha value is -2.35. The van der Waals surface area contributed by atoms with Gasteiger partial charge in [0.2, 0.25) is 0 Å². The lowest BCUT2D eigenvalue weighted by molar-refractivity contribution is -0.118. The molecule has 2 aliphatic rings. The summed E-state index contributed by atoms with van der Waals surface area (Å²) in [6.45, 7) is 4.61. The third-order valence-corrected chi connectivity index (χ3v) is 5.71. The van der Waals surface area contributed by atoms with Gasteiger partial charge in [0.05, 0.1) is 5.52 Å². The van der Waals surface area contributed by atoms with E-state index in [1.807, 2.05) is 0 Å². The number of carbonyl (C=O) groups is 1. The van der Waals surface area contributed by atoms with Crippen molar-refractivity contribution in [1.29, 1.82) is 0 Å². The molecule has 0 N–H and O–H groups in total. The summed E-state index contributed by atoms with van der Waals surface area (Å²) in [5.74, 6) is 0.369. The summed E-state index contributed by atoms with van der Waals surface area (Å²) in [6, 6.07) is 15.3. The molecule has 0 saturated carbocycles. The van der Waals surface area contributed by atoms with Crippen molar-refractivity contribution in [1.82, 2.24) is 4.57 Å². The number of para-hydroxylation sites is 2. The van der Waals surface area contributed by atoms with E-state index in [2.05, 4.69) is 60.9 Å². The number of nitrogens with zero attached hydrogens (tertiary/aromatic N) is 1. The van der Waals surface area contributed by atoms with Crippen LogP contribution in [-0.2, 0) is 23.1 Å². The second-order valence-corrected chi connectivity index (χ2v) is 7.32. The molecule has 2 heterocycles. The molecule has 0 saturated heterocycles. The Morgan fingerprint density at radius 3 is 2.61 bits per heavy atom. The first-order valence-electron chi connectivity index (χ1n) is 8.36. The molecule has 0 spiro atoms. The molecular formula is C21H19NO. The molecule has 2 nitrogen and oxygen atoms in total. The zero-order valence-electron chi connectivity index (χ0n) is 13.5. The van der Waals surface area contributed by atoms with Crippen molar-refractivity contribution in [2.45, 2.75) is 38.5 Å². The molecule has 3 aromatic rings. The van der Waals surface area contributed by atoms with Crippen LogP contribution in [0.5, 0.6) is 0 Å². The molecule has 23 heavy (non-hydrogen) atoms. The second-order valence-electron chi connectivity index (χ2n) is 7.32. The molecule has 1 aliphatic carbocycles. The molecule has 0 atom stereocenters. The molecule has 1 aliphatic heterocycles. The van der Waals surface area contributed by atoms with Crippen LogP contribution in [-0.4, -0.2) is 10.4 Å². The summed E-state index contributed by atoms with van der Waals surface area (Å²) >= 11 is 0. The molecule has 1 aromatic heterocycles. The summed E-state index contributed by atoms with van der Waals surface area (Å²) in [4.78, 5) is 12.0. The van der Waals surface area contributed by atoms with Gasteiger partial charge in [-0.2, -0.15) is 0 Å². The van der Waals surface area contributed by atoms with Crippen LogP contribution in [0.2, 0.25) is 0 Å². The largest absolute Gasteiger partial charge is 0.313 e. The Balaban J connectivity index is 2.02. The van der Waals surface area contributed by atoms with Gasteiger partial charge in [-0.1, -0.05) is 50.2 Å². The number of fused-ring (bicyclic) bond motifs is 5. The van der Waals surface area contributed by atoms with Crippen LogP contribution in [0.3, 0.4) is 0 Å². The van der Waals surface area contributed by atoms with Gasteiger partial charge in [0.25, 0.3) is 0 Å². The van der Waals surface area contributed by atoms with Crippen LogP contribution in [0, 0.1) is 0 Å². The van der Waals surface area contributed by atoms with E-state index in [0.717, 1.165) is 6.42 Å². The van der Waals surface area contributed by atoms with Gasteiger partial charge in [0, 0.05) is 35.0 Å². The van der Waals surface area contributed by atoms with E-state index in [1.165, 1.54) is 39.0 Å². The quantitative estimate of drug-likeness (QED) is 0.606. The van der Waals surface area contributed by atoms with Crippen molar-refractivity contribution in [3.05, 3.63) is 64.8 Å². The fraction of sp³-hybridized carbons (Fsp3) is 0.286. The minimum atomic E-state index is -0.0168. The Morgan fingerprint density at radius 1 is 0.957 bits per heavy atom. The lowest BCUT2D eigenvalue weighted by atomic mass is 9.75. The number of aromatic nitrogens is 1. The molecule has 2 aromatic carbocycles. The monoisotopic (exact) mass is 301 g/mol. The average molecular weight is 301 g/mol. The normalized spacial score (nSPS) is 17.9. The number of hydrogen-bond donors (Lipinski definition) is 0. The summed E-state index contributed by atoms with van der Waals surface area (Å²) in [5.41, 5.74) is 7.93. The van der Waals surface area contributed by atoms with Gasteiger partial charge in [0.15, 0.2) is 0 Å². The highest BCUT2D eigenvalue weighted by Gasteiger charge is 2.36. The highest BCUT2D eigenvalue weighted by Crippen LogP contribution is 2.47. The van der Waals surface area contributed by atoms with Gasteiger partial charge in [-0.25, -0.2) is 0 Å². The van der Waals surface area contributed by atoms with Gasteiger partial charge in [-0.05, 0) is 29.2 Å². The van der Waals surface area contributed by atoms with Crippen molar-refractivity contribution in [2.24, 2.45) is 0 Å². The van der Waals surface area contributed by atoms with Gasteiger partial charge >= 0.3 is 0 Å². The fourth-order valence-corrected chi connectivity index (χ4v) is 4.57. The Labute approximate surface area is 135 Å². The molecule has 114 valence electrons. The number of benzene rings is 2. The molecular weight excluding hydrogens is 282 g/mol. The van der Waals surface area contributed by atoms with Crippen molar-refractivity contribution < 1.29 is 4.79 Å². The Kier molecular flexibility index (Phi) is 2.36. The molecule has 2 heteroatoms. The molecule has 0 radical (unpaired) electrons. The lowest BCUT2D eigenvalue weighted by Crippen LogP contribution is -2.27. The lowest BCUT2D eigenvalue weighted by Gasteiger charge is -2.35. The number of Topliss-reactive ketones (excluding diaryl/α,β-unsaturated/α-hetero) is 1. The third kappa shape index (κ3) is 1.51. The van der Waals surface area contributed by atoms with E-state index in [9.17, 15) is 4.79 Å². The smallest absolute Gasteiger partial charge is 0.137 e. The topological polar surface area (TPSA) is 22.0 Å². The van der Waals surface area contributed by atoms with Crippen LogP contribution in [0.4, 0.5) is 0 Å². The maximum atomic E-state index is 12.0. The molecule has 0 amide bonds. The number of carbonyl (C=O) groups excluding carboxylic acids is 1. The maximum Gasteiger partial charge on any atom is 0.137 e. The minimum absolute atomic E-state index is 0.0168. The predicted molar refractivity (Wildman–Crippen MR) is 92.4 cm³/mol. The predicted octanol–water partition coefficient (Wildman–Crippen LogP) is 4.33. The van der Waals surface area contributed by atoms with Gasteiger partial charge in [-0.3, -0.25) is 4.79 Å². The van der Waals surface area contributed by atoms with Gasteiger partial charge in [-0.15, -0.1) is 0 Å². The van der Waals surface area contributed by atoms with Crippen LogP contribution >= 0.6 is 0 Å². The third-order valence-electron chi connectivity index (χ3n) is 5.71.